The number of ether oxygens (including phenoxy) is 1. The Morgan fingerprint density at radius 1 is 1.22 bits per heavy atom. The van der Waals surface area contributed by atoms with E-state index < -0.39 is 0 Å². The first-order chi connectivity index (χ1) is 8.88. The smallest absolute Gasteiger partial charge is 0.497 e. The monoisotopic (exact) mass is 241 g/mol. The molecule has 2 aromatic heterocycles. The molecule has 0 N–H and O–H groups in total. The molecular weight excluding hydrogens is 228 g/mol. The fraction of sp³-hybridized carbons (Fsp3) is 0.0769. The molecule has 5 nitrogen and oxygen atoms in total. The molecule has 0 saturated carbocycles. The van der Waals surface area contributed by atoms with Gasteiger partial charge in [-0.3, -0.25) is 9.13 Å². The predicted octanol–water partition coefficient (Wildman–Crippen LogP) is 2.18. The van der Waals surface area contributed by atoms with Gasteiger partial charge in [0.2, 0.25) is 5.95 Å². The maximum absolute atomic E-state index is 5.23. The van der Waals surface area contributed by atoms with Gasteiger partial charge >= 0.3 is 1.43 Å². The molecule has 0 aliphatic rings. The average Bonchev–Trinajstić information content (AvgIpc) is 3.09. The lowest BCUT2D eigenvalue weighted by Gasteiger charge is -2.09. The van der Waals surface area contributed by atoms with E-state index in [-0.39, 0.29) is 1.43 Å². The fourth-order valence-corrected chi connectivity index (χ4v) is 1.83. The number of nitrogens with zero attached hydrogens (tertiary/aromatic N) is 4. The highest BCUT2D eigenvalue weighted by Gasteiger charge is 2.07. The molecule has 90 valence electrons. The third kappa shape index (κ3) is 1.75. The minimum absolute atomic E-state index is 0. The van der Waals surface area contributed by atoms with E-state index >= 15 is 0 Å². The van der Waals surface area contributed by atoms with Gasteiger partial charge in [-0.2, -0.15) is 0 Å². The highest BCUT2D eigenvalue weighted by atomic mass is 16.5. The van der Waals surface area contributed by atoms with Crippen LogP contribution in [0.2, 0.25) is 0 Å². The first kappa shape index (κ1) is 10.6. The molecule has 0 spiro atoms. The number of hydrogen-bond donors (Lipinski definition) is 0. The van der Waals surface area contributed by atoms with Crippen LogP contribution in [0, 0.1) is 0 Å². The Balaban J connectivity index is 0.00000133. The van der Waals surface area contributed by atoms with Gasteiger partial charge in [-0.1, -0.05) is 6.07 Å². The van der Waals surface area contributed by atoms with Crippen molar-refractivity contribution in [1.29, 1.82) is 0 Å². The maximum atomic E-state index is 5.23. The molecule has 0 amide bonds. The van der Waals surface area contributed by atoms with Crippen molar-refractivity contribution in [1.82, 2.24) is 19.1 Å². The fourth-order valence-electron chi connectivity index (χ4n) is 1.83. The third-order valence-corrected chi connectivity index (χ3v) is 2.69. The van der Waals surface area contributed by atoms with Crippen molar-refractivity contribution in [2.24, 2.45) is 0 Å². The molecule has 18 heavy (non-hydrogen) atoms. The van der Waals surface area contributed by atoms with Gasteiger partial charge in [0.25, 0.3) is 0 Å². The van der Waals surface area contributed by atoms with Gasteiger partial charge in [0.15, 0.2) is 0 Å². The highest BCUT2D eigenvalue weighted by molar-refractivity contribution is 5.42. The second-order valence-corrected chi connectivity index (χ2v) is 3.77. The van der Waals surface area contributed by atoms with Gasteiger partial charge in [0, 0.05) is 30.9 Å². The molecule has 0 aliphatic carbocycles. The number of rotatable bonds is 3. The maximum Gasteiger partial charge on any atom is 1.00 e. The Kier molecular flexibility index (Phi) is 2.57. The zero-order valence-electron chi connectivity index (χ0n) is 10.9. The van der Waals surface area contributed by atoms with Crippen LogP contribution in [-0.4, -0.2) is 26.2 Å². The number of aromatic nitrogens is 4. The lowest BCUT2D eigenvalue weighted by molar-refractivity contribution is 0.414. The molecule has 3 aromatic rings. The van der Waals surface area contributed by atoms with Crippen LogP contribution in [0.3, 0.4) is 0 Å². The minimum atomic E-state index is 0. The molecule has 0 saturated heterocycles. The van der Waals surface area contributed by atoms with E-state index in [1.807, 2.05) is 45.8 Å². The third-order valence-electron chi connectivity index (χ3n) is 2.69. The van der Waals surface area contributed by atoms with Crippen LogP contribution in [0.15, 0.2) is 55.4 Å². The van der Waals surface area contributed by atoms with Crippen LogP contribution in [0.5, 0.6) is 5.75 Å². The summed E-state index contributed by atoms with van der Waals surface area (Å²) in [5.74, 6) is 1.61. The van der Waals surface area contributed by atoms with Gasteiger partial charge < -0.3 is 4.74 Å². The molecule has 0 aliphatic heterocycles. The van der Waals surface area contributed by atoms with Crippen molar-refractivity contribution >= 4 is 0 Å². The second-order valence-electron chi connectivity index (χ2n) is 3.77. The highest BCUT2D eigenvalue weighted by Crippen LogP contribution is 2.19. The molecule has 0 fully saturated rings. The molecule has 2 heterocycles. The average molecular weight is 241 g/mol. The van der Waals surface area contributed by atoms with Gasteiger partial charge in [0.05, 0.1) is 12.8 Å². The summed E-state index contributed by atoms with van der Waals surface area (Å²) >= 11 is 0. The van der Waals surface area contributed by atoms with Crippen molar-refractivity contribution in [3.63, 3.8) is 0 Å². The van der Waals surface area contributed by atoms with E-state index in [0.29, 0.717) is 0 Å². The van der Waals surface area contributed by atoms with Crippen molar-refractivity contribution in [3.05, 3.63) is 55.4 Å². The van der Waals surface area contributed by atoms with E-state index in [1.54, 1.807) is 25.8 Å². The normalized spacial score (nSPS) is 10.5. The van der Waals surface area contributed by atoms with Crippen molar-refractivity contribution in [2.75, 3.05) is 7.11 Å². The number of methoxy groups -OCH3 is 1. The second kappa shape index (κ2) is 4.37. The number of benzene rings is 1. The van der Waals surface area contributed by atoms with Crippen LogP contribution in [0.1, 0.15) is 1.43 Å². The lowest BCUT2D eigenvalue weighted by Crippen LogP contribution is -2.03. The van der Waals surface area contributed by atoms with Gasteiger partial charge in [0.1, 0.15) is 12.1 Å². The standard InChI is InChI=1S/C13H12N4O/c1-18-12-4-2-3-11(9-12)17-8-6-15-13(17)16-7-5-14-10-16/h2-10H,1H3/p+1. The van der Waals surface area contributed by atoms with Crippen molar-refractivity contribution in [3.8, 4) is 17.4 Å². The summed E-state index contributed by atoms with van der Waals surface area (Å²) < 4.78 is 9.07. The minimum Gasteiger partial charge on any atom is -0.497 e. The van der Waals surface area contributed by atoms with E-state index in [4.69, 9.17) is 4.74 Å². The zero-order valence-corrected chi connectivity index (χ0v) is 9.89. The summed E-state index contributed by atoms with van der Waals surface area (Å²) in [6.45, 7) is 0. The molecular formula is C13H13N4O+. The number of hydrogen-bond acceptors (Lipinski definition) is 3. The summed E-state index contributed by atoms with van der Waals surface area (Å²) in [6.07, 6.45) is 8.97. The van der Waals surface area contributed by atoms with Gasteiger partial charge in [-0.15, -0.1) is 0 Å². The lowest BCUT2D eigenvalue weighted by atomic mass is 10.3. The van der Waals surface area contributed by atoms with E-state index in [1.165, 1.54) is 0 Å². The van der Waals surface area contributed by atoms with Crippen molar-refractivity contribution < 1.29 is 6.16 Å². The Morgan fingerprint density at radius 3 is 2.94 bits per heavy atom. The molecule has 0 radical (unpaired) electrons. The molecule has 0 bridgehead atoms. The first-order valence-corrected chi connectivity index (χ1v) is 5.54. The predicted molar refractivity (Wildman–Crippen MR) is 68.4 cm³/mol. The SMILES string of the molecule is COc1cccc(-n2ccnc2-n2ccnc2)c1.[H+]. The van der Waals surface area contributed by atoms with Crippen LogP contribution < -0.4 is 4.74 Å². The van der Waals surface area contributed by atoms with Crippen LogP contribution >= 0.6 is 0 Å². The quantitative estimate of drug-likeness (QED) is 0.706. The zero-order chi connectivity index (χ0) is 12.4. The number of imidazole rings is 2. The summed E-state index contributed by atoms with van der Waals surface area (Å²) in [4.78, 5) is 8.37. The van der Waals surface area contributed by atoms with Crippen LogP contribution in [0.25, 0.3) is 11.6 Å². The topological polar surface area (TPSA) is 44.9 Å². The Hall–Kier alpha value is -2.56. The van der Waals surface area contributed by atoms with Crippen LogP contribution in [-0.2, 0) is 0 Å². The molecule has 0 atom stereocenters. The van der Waals surface area contributed by atoms with E-state index in [9.17, 15) is 0 Å². The van der Waals surface area contributed by atoms with Crippen LogP contribution in [0.4, 0.5) is 0 Å². The summed E-state index contributed by atoms with van der Waals surface area (Å²) in [7, 11) is 1.66. The molecule has 0 unspecified atom stereocenters. The van der Waals surface area contributed by atoms with Gasteiger partial charge in [-0.25, -0.2) is 9.97 Å². The summed E-state index contributed by atoms with van der Waals surface area (Å²) in [5, 5.41) is 0. The Bertz CT molecular complexity index is 648. The summed E-state index contributed by atoms with van der Waals surface area (Å²) in [5.41, 5.74) is 0.996. The molecule has 1 aromatic carbocycles. The van der Waals surface area contributed by atoms with Gasteiger partial charge in [-0.05, 0) is 12.1 Å². The van der Waals surface area contributed by atoms with Crippen molar-refractivity contribution in [2.45, 2.75) is 0 Å². The Labute approximate surface area is 106 Å². The Morgan fingerprint density at radius 2 is 2.17 bits per heavy atom. The molecule has 3 rings (SSSR count). The first-order valence-electron chi connectivity index (χ1n) is 5.54. The van der Waals surface area contributed by atoms with E-state index in [0.717, 1.165) is 17.4 Å². The largest absolute Gasteiger partial charge is 1.00 e. The summed E-state index contributed by atoms with van der Waals surface area (Å²) in [6, 6.07) is 7.83. The van der Waals surface area contributed by atoms with E-state index in [2.05, 4.69) is 9.97 Å². The molecule has 5 heteroatoms.